The Bertz CT molecular complexity index is 735. The van der Waals surface area contributed by atoms with Crippen LogP contribution in [0.4, 0.5) is 10.1 Å². The first-order valence-electron chi connectivity index (χ1n) is 6.39. The first kappa shape index (κ1) is 19.7. The molecule has 0 aliphatic rings. The fourth-order valence-electron chi connectivity index (χ4n) is 2.06. The van der Waals surface area contributed by atoms with E-state index in [1.54, 1.807) is 24.3 Å². The van der Waals surface area contributed by atoms with E-state index in [-0.39, 0.29) is 46.4 Å². The minimum absolute atomic E-state index is 0. The van der Waals surface area contributed by atoms with Gasteiger partial charge in [0.2, 0.25) is 0 Å². The van der Waals surface area contributed by atoms with Crippen molar-refractivity contribution in [3.63, 3.8) is 0 Å². The number of hydrogen-bond acceptors (Lipinski definition) is 5. The summed E-state index contributed by atoms with van der Waals surface area (Å²) in [5.41, 5.74) is 6.11. The molecule has 0 heterocycles. The van der Waals surface area contributed by atoms with Crippen LogP contribution >= 0.6 is 11.8 Å². The normalized spacial score (nSPS) is 10.0. The predicted octanol–water partition coefficient (Wildman–Crippen LogP) is -1.34. The van der Waals surface area contributed by atoms with Gasteiger partial charge in [-0.3, -0.25) is 4.79 Å². The van der Waals surface area contributed by atoms with Gasteiger partial charge in [-0.25, -0.2) is 4.39 Å². The zero-order valence-electron chi connectivity index (χ0n) is 12.8. The van der Waals surface area contributed by atoms with Crippen LogP contribution in [0.15, 0.2) is 41.3 Å². The number of rotatable bonds is 5. The van der Waals surface area contributed by atoms with Gasteiger partial charge in [0.05, 0.1) is 0 Å². The number of anilines is 1. The van der Waals surface area contributed by atoms with Crippen LogP contribution in [0, 0.1) is 5.82 Å². The molecule has 0 atom stereocenters. The summed E-state index contributed by atoms with van der Waals surface area (Å²) >= 11 is 1.53. The summed E-state index contributed by atoms with van der Waals surface area (Å²) in [6, 6.07) is 8.80. The first-order valence-corrected chi connectivity index (χ1v) is 7.61. The zero-order valence-corrected chi connectivity index (χ0v) is 15.6. The molecule has 4 nitrogen and oxygen atoms in total. The Morgan fingerprint density at radius 1 is 1.22 bits per heavy atom. The fourth-order valence-corrected chi connectivity index (χ4v) is 2.47. The molecule has 2 aromatic carbocycles. The maximum absolute atomic E-state index is 13.6. The maximum Gasteiger partial charge on any atom is 1.00 e. The molecule has 23 heavy (non-hydrogen) atoms. The number of carbonyl (C=O) groups is 2. The average molecular weight is 341 g/mol. The van der Waals surface area contributed by atoms with Gasteiger partial charge >= 0.3 is 29.6 Å². The Kier molecular flexibility index (Phi) is 7.28. The van der Waals surface area contributed by atoms with Gasteiger partial charge in [-0.2, -0.15) is 0 Å². The van der Waals surface area contributed by atoms with Gasteiger partial charge in [0.1, 0.15) is 5.82 Å². The summed E-state index contributed by atoms with van der Waals surface area (Å²) in [5.74, 6) is -2.56. The molecule has 0 saturated heterocycles. The Morgan fingerprint density at radius 2 is 1.83 bits per heavy atom. The summed E-state index contributed by atoms with van der Waals surface area (Å²) in [5, 5.41) is 10.7. The van der Waals surface area contributed by atoms with Crippen molar-refractivity contribution in [2.24, 2.45) is 0 Å². The van der Waals surface area contributed by atoms with Crippen LogP contribution in [-0.2, 0) is 11.2 Å². The topological polar surface area (TPSA) is 83.2 Å². The van der Waals surface area contributed by atoms with Gasteiger partial charge in [0.15, 0.2) is 5.78 Å². The van der Waals surface area contributed by atoms with Crippen LogP contribution in [0.5, 0.6) is 0 Å². The van der Waals surface area contributed by atoms with Crippen molar-refractivity contribution < 1.29 is 48.6 Å². The number of carbonyl (C=O) groups excluding carboxylic acids is 2. The minimum Gasteiger partial charge on any atom is -0.550 e. The van der Waals surface area contributed by atoms with Gasteiger partial charge in [-0.1, -0.05) is 0 Å². The summed E-state index contributed by atoms with van der Waals surface area (Å²) in [6.45, 7) is 0. The van der Waals surface area contributed by atoms with Crippen molar-refractivity contribution >= 4 is 29.2 Å². The van der Waals surface area contributed by atoms with Gasteiger partial charge in [0, 0.05) is 34.1 Å². The van der Waals surface area contributed by atoms with E-state index in [1.165, 1.54) is 11.8 Å². The molecule has 114 valence electrons. The second kappa shape index (κ2) is 8.49. The molecule has 0 unspecified atom stereocenters. The average Bonchev–Trinajstić information content (AvgIpc) is 2.49. The van der Waals surface area contributed by atoms with Crippen LogP contribution in [0.25, 0.3) is 0 Å². The first-order chi connectivity index (χ1) is 10.4. The summed E-state index contributed by atoms with van der Waals surface area (Å²) in [4.78, 5) is 24.1. The largest absolute Gasteiger partial charge is 1.00 e. The van der Waals surface area contributed by atoms with E-state index in [9.17, 15) is 19.1 Å². The fraction of sp³-hybridized carbons (Fsp3) is 0.125. The van der Waals surface area contributed by atoms with E-state index in [4.69, 9.17) is 5.73 Å². The van der Waals surface area contributed by atoms with Crippen molar-refractivity contribution in [2.45, 2.75) is 11.3 Å². The van der Waals surface area contributed by atoms with Crippen molar-refractivity contribution in [3.05, 3.63) is 58.9 Å². The summed E-state index contributed by atoms with van der Waals surface area (Å²) in [7, 11) is 0. The Morgan fingerprint density at radius 3 is 2.35 bits per heavy atom. The number of carboxylic acids is 1. The molecule has 0 amide bonds. The van der Waals surface area contributed by atoms with E-state index < -0.39 is 24.0 Å². The predicted molar refractivity (Wildman–Crippen MR) is 81.2 cm³/mol. The van der Waals surface area contributed by atoms with Crippen molar-refractivity contribution in [1.29, 1.82) is 0 Å². The van der Waals surface area contributed by atoms with Crippen LogP contribution in [-0.4, -0.2) is 18.0 Å². The SMILES string of the molecule is CSc1ccc(C(=O)c2cc(F)cc(CC(=O)[O-])c2N)cc1.[Na+]. The number of benzene rings is 2. The second-order valence-electron chi connectivity index (χ2n) is 4.63. The number of thioether (sulfide) groups is 1. The standard InChI is InChI=1S/C16H14FNO3S.Na/c1-22-12-4-2-9(3-5-12)16(21)13-8-11(17)6-10(15(13)18)7-14(19)20;/h2-6,8H,7,18H2,1H3,(H,19,20);/q;+1/p-1. The zero-order chi connectivity index (χ0) is 16.3. The molecule has 0 fully saturated rings. The van der Waals surface area contributed by atoms with Gasteiger partial charge in [-0.05, 0) is 48.2 Å². The number of nitrogen functional groups attached to an aromatic ring is 1. The smallest absolute Gasteiger partial charge is 0.550 e. The molecule has 0 spiro atoms. The van der Waals surface area contributed by atoms with Gasteiger partial charge in [-0.15, -0.1) is 11.8 Å². The third kappa shape index (κ3) is 4.81. The van der Waals surface area contributed by atoms with E-state index in [0.717, 1.165) is 17.0 Å². The monoisotopic (exact) mass is 341 g/mol. The molecular weight excluding hydrogens is 328 g/mol. The summed E-state index contributed by atoms with van der Waals surface area (Å²) in [6.07, 6.45) is 1.36. The second-order valence-corrected chi connectivity index (χ2v) is 5.51. The maximum atomic E-state index is 13.6. The van der Waals surface area contributed by atoms with E-state index in [0.29, 0.717) is 5.56 Å². The van der Waals surface area contributed by atoms with Crippen LogP contribution in [0.2, 0.25) is 0 Å². The summed E-state index contributed by atoms with van der Waals surface area (Å²) < 4.78 is 13.6. The molecule has 0 bridgehead atoms. The molecule has 0 aromatic heterocycles. The molecule has 0 aliphatic carbocycles. The van der Waals surface area contributed by atoms with Crippen LogP contribution in [0.1, 0.15) is 21.5 Å². The molecule has 0 radical (unpaired) electrons. The van der Waals surface area contributed by atoms with Crippen molar-refractivity contribution in [2.75, 3.05) is 12.0 Å². The number of hydrogen-bond donors (Lipinski definition) is 1. The molecule has 0 saturated carbocycles. The number of halogens is 1. The van der Waals surface area contributed by atoms with Crippen molar-refractivity contribution in [1.82, 2.24) is 0 Å². The van der Waals surface area contributed by atoms with Crippen LogP contribution in [0.3, 0.4) is 0 Å². The minimum atomic E-state index is -1.39. The third-order valence-electron chi connectivity index (χ3n) is 3.16. The van der Waals surface area contributed by atoms with Crippen molar-refractivity contribution in [3.8, 4) is 0 Å². The van der Waals surface area contributed by atoms with Gasteiger partial charge < -0.3 is 15.6 Å². The van der Waals surface area contributed by atoms with E-state index in [2.05, 4.69) is 0 Å². The molecule has 2 N–H and O–H groups in total. The van der Waals surface area contributed by atoms with Gasteiger partial charge in [0.25, 0.3) is 0 Å². The number of nitrogens with two attached hydrogens (primary N) is 1. The molecule has 0 aliphatic heterocycles. The van der Waals surface area contributed by atoms with E-state index >= 15 is 0 Å². The molecule has 2 rings (SSSR count). The molecule has 7 heteroatoms. The number of aliphatic carboxylic acids is 1. The molecular formula is C16H13FNNaO3S. The van der Waals surface area contributed by atoms with Crippen LogP contribution < -0.4 is 40.4 Å². The Balaban J connectivity index is 0.00000264. The quantitative estimate of drug-likeness (QED) is 0.315. The van der Waals surface area contributed by atoms with E-state index in [1.807, 2.05) is 6.26 Å². The third-order valence-corrected chi connectivity index (χ3v) is 3.91. The Hall–Kier alpha value is -1.34. The Labute approximate surface area is 159 Å². The number of ketones is 1. The number of carboxylic acid groups (broad SMARTS) is 1. The molecule has 2 aromatic rings.